The molecule has 0 bridgehead atoms. The van der Waals surface area contributed by atoms with Crippen molar-refractivity contribution >= 4 is 17.7 Å². The second kappa shape index (κ2) is 6.68. The van der Waals surface area contributed by atoms with Gasteiger partial charge >= 0.3 is 0 Å². The van der Waals surface area contributed by atoms with Crippen LogP contribution in [-0.2, 0) is 11.2 Å². The van der Waals surface area contributed by atoms with Crippen molar-refractivity contribution in [1.82, 2.24) is 15.3 Å². The molecule has 4 rings (SSSR count). The average molecular weight is 391 g/mol. The number of anilines is 1. The highest BCUT2D eigenvalue weighted by Crippen LogP contribution is 2.43. The zero-order chi connectivity index (χ0) is 19.2. The molecule has 3 heterocycles. The SMILES string of the molecule is CC(C)(F)c1nc(N2C[C@H]3CSC(N)N[C@@]3(c3ccccc3)C2)ncc1F. The van der Waals surface area contributed by atoms with E-state index in [0.29, 0.717) is 19.0 Å². The number of fused-ring (bicyclic) bond motifs is 1. The molecule has 0 radical (unpaired) electrons. The molecule has 1 aromatic carbocycles. The molecule has 0 spiro atoms. The maximum absolute atomic E-state index is 14.4. The number of nitrogens with zero attached hydrogens (tertiary/aromatic N) is 3. The number of hydrogen-bond acceptors (Lipinski definition) is 6. The highest BCUT2D eigenvalue weighted by Gasteiger charge is 2.51. The Kier molecular flexibility index (Phi) is 4.60. The smallest absolute Gasteiger partial charge is 0.225 e. The van der Waals surface area contributed by atoms with E-state index in [4.69, 9.17) is 5.73 Å². The summed E-state index contributed by atoms with van der Waals surface area (Å²) >= 11 is 1.67. The third kappa shape index (κ3) is 3.30. The minimum absolute atomic E-state index is 0.170. The van der Waals surface area contributed by atoms with Crippen molar-refractivity contribution in [3.05, 3.63) is 53.6 Å². The summed E-state index contributed by atoms with van der Waals surface area (Å²) in [7, 11) is 0. The predicted octanol–water partition coefficient (Wildman–Crippen LogP) is 2.73. The maximum atomic E-state index is 14.4. The summed E-state index contributed by atoms with van der Waals surface area (Å²) in [6, 6.07) is 10.2. The van der Waals surface area contributed by atoms with Crippen molar-refractivity contribution in [1.29, 1.82) is 0 Å². The van der Waals surface area contributed by atoms with Crippen LogP contribution in [0.3, 0.4) is 0 Å². The van der Waals surface area contributed by atoms with E-state index in [1.54, 1.807) is 11.8 Å². The van der Waals surface area contributed by atoms with Crippen LogP contribution in [0.25, 0.3) is 0 Å². The molecular weight excluding hydrogens is 368 g/mol. The first-order valence-corrected chi connectivity index (χ1v) is 10.0. The summed E-state index contributed by atoms with van der Waals surface area (Å²) in [4.78, 5) is 10.4. The predicted molar refractivity (Wildman–Crippen MR) is 104 cm³/mol. The normalized spacial score (nSPS) is 28.3. The van der Waals surface area contributed by atoms with E-state index in [0.717, 1.165) is 17.5 Å². The standard InChI is InChI=1S/C19H23F2N5S/c1-18(2,21)15-14(20)8-23-17(24-15)26-9-13-10-27-16(22)25-19(13,11-26)12-6-4-3-5-7-12/h3-8,13,16,25H,9-11,22H2,1-2H3/t13-,16?,19+/m0/s1. The van der Waals surface area contributed by atoms with Crippen molar-refractivity contribution < 1.29 is 8.78 Å². The van der Waals surface area contributed by atoms with Crippen LogP contribution in [0.5, 0.6) is 0 Å². The van der Waals surface area contributed by atoms with Crippen molar-refractivity contribution in [2.75, 3.05) is 23.7 Å². The summed E-state index contributed by atoms with van der Waals surface area (Å²) in [6.07, 6.45) is 1.06. The number of benzene rings is 1. The third-order valence-electron chi connectivity index (χ3n) is 5.32. The molecule has 0 aliphatic carbocycles. The fraction of sp³-hybridized carbons (Fsp3) is 0.474. The molecule has 3 atom stereocenters. The molecule has 0 saturated carbocycles. The molecule has 2 aromatic rings. The number of alkyl halides is 1. The number of halogens is 2. The van der Waals surface area contributed by atoms with E-state index < -0.39 is 11.5 Å². The van der Waals surface area contributed by atoms with Gasteiger partial charge in [-0.05, 0) is 19.4 Å². The lowest BCUT2D eigenvalue weighted by atomic mass is 9.81. The van der Waals surface area contributed by atoms with Gasteiger partial charge in [0, 0.05) is 24.8 Å². The van der Waals surface area contributed by atoms with Gasteiger partial charge < -0.3 is 10.6 Å². The van der Waals surface area contributed by atoms with Gasteiger partial charge in [-0.2, -0.15) is 0 Å². The van der Waals surface area contributed by atoms with Gasteiger partial charge in [0.2, 0.25) is 5.95 Å². The van der Waals surface area contributed by atoms with E-state index in [9.17, 15) is 8.78 Å². The minimum atomic E-state index is -1.87. The molecule has 2 fully saturated rings. The molecule has 8 heteroatoms. The van der Waals surface area contributed by atoms with Crippen LogP contribution in [0.15, 0.2) is 36.5 Å². The molecule has 2 aliphatic rings. The Bertz CT molecular complexity index is 829. The second-order valence-corrected chi connectivity index (χ2v) is 8.83. The van der Waals surface area contributed by atoms with Crippen LogP contribution >= 0.6 is 11.8 Å². The Morgan fingerprint density at radius 2 is 2.07 bits per heavy atom. The number of aromatic nitrogens is 2. The first-order chi connectivity index (χ1) is 12.8. The summed E-state index contributed by atoms with van der Waals surface area (Å²) in [6.45, 7) is 3.89. The monoisotopic (exact) mass is 391 g/mol. The van der Waals surface area contributed by atoms with E-state index >= 15 is 0 Å². The second-order valence-electron chi connectivity index (χ2n) is 7.65. The zero-order valence-electron chi connectivity index (χ0n) is 15.3. The van der Waals surface area contributed by atoms with E-state index in [-0.39, 0.29) is 22.6 Å². The van der Waals surface area contributed by atoms with Crippen LogP contribution < -0.4 is 16.0 Å². The van der Waals surface area contributed by atoms with Crippen molar-refractivity contribution in [2.45, 2.75) is 30.6 Å². The summed E-state index contributed by atoms with van der Waals surface area (Å²) in [5.41, 5.74) is 4.76. The Labute approximate surface area is 161 Å². The molecule has 2 saturated heterocycles. The van der Waals surface area contributed by atoms with Crippen LogP contribution in [0.2, 0.25) is 0 Å². The quantitative estimate of drug-likeness (QED) is 0.839. The Balaban J connectivity index is 1.72. The van der Waals surface area contributed by atoms with Gasteiger partial charge in [0.05, 0.1) is 11.7 Å². The van der Waals surface area contributed by atoms with Gasteiger partial charge in [0.1, 0.15) is 16.9 Å². The summed E-state index contributed by atoms with van der Waals surface area (Å²) in [5.74, 6) is 0.793. The van der Waals surface area contributed by atoms with Crippen LogP contribution in [0.4, 0.5) is 14.7 Å². The summed E-state index contributed by atoms with van der Waals surface area (Å²) < 4.78 is 28.4. The lowest BCUT2D eigenvalue weighted by molar-refractivity contribution is 0.205. The number of nitrogens with one attached hydrogen (secondary N) is 1. The highest BCUT2D eigenvalue weighted by atomic mass is 32.2. The molecule has 3 N–H and O–H groups in total. The Hall–Kier alpha value is -1.77. The Morgan fingerprint density at radius 1 is 1.33 bits per heavy atom. The Morgan fingerprint density at radius 3 is 2.78 bits per heavy atom. The first kappa shape index (κ1) is 18.6. The van der Waals surface area contributed by atoms with Gasteiger partial charge in [-0.15, -0.1) is 11.8 Å². The molecule has 1 unspecified atom stereocenters. The van der Waals surface area contributed by atoms with Gasteiger partial charge in [0.15, 0.2) is 5.82 Å². The topological polar surface area (TPSA) is 67.1 Å². The fourth-order valence-corrected chi connectivity index (χ4v) is 5.14. The van der Waals surface area contributed by atoms with Crippen molar-refractivity contribution in [2.24, 2.45) is 11.7 Å². The largest absolute Gasteiger partial charge is 0.338 e. The van der Waals surface area contributed by atoms with Crippen LogP contribution in [0.1, 0.15) is 25.1 Å². The van der Waals surface area contributed by atoms with Crippen LogP contribution in [-0.4, -0.2) is 34.3 Å². The molecule has 5 nitrogen and oxygen atoms in total. The van der Waals surface area contributed by atoms with E-state index in [1.807, 2.05) is 23.1 Å². The average Bonchev–Trinajstić information content (AvgIpc) is 3.02. The fourth-order valence-electron chi connectivity index (χ4n) is 4.02. The van der Waals surface area contributed by atoms with E-state index in [2.05, 4.69) is 27.4 Å². The third-order valence-corrected chi connectivity index (χ3v) is 6.39. The lowest BCUT2D eigenvalue weighted by Crippen LogP contribution is -2.59. The van der Waals surface area contributed by atoms with E-state index in [1.165, 1.54) is 13.8 Å². The number of nitrogens with two attached hydrogens (primary N) is 1. The zero-order valence-corrected chi connectivity index (χ0v) is 16.1. The first-order valence-electron chi connectivity index (χ1n) is 8.97. The van der Waals surface area contributed by atoms with Gasteiger partial charge in [-0.1, -0.05) is 30.3 Å². The number of hydrogen-bond donors (Lipinski definition) is 2. The molecule has 0 amide bonds. The molecule has 144 valence electrons. The summed E-state index contributed by atoms with van der Waals surface area (Å²) in [5, 5.41) is 3.56. The van der Waals surface area contributed by atoms with Gasteiger partial charge in [-0.3, -0.25) is 5.32 Å². The molecular formula is C19H23F2N5S. The number of rotatable bonds is 3. The van der Waals surface area contributed by atoms with Gasteiger partial charge in [0.25, 0.3) is 0 Å². The number of thioether (sulfide) groups is 1. The minimum Gasteiger partial charge on any atom is -0.338 e. The van der Waals surface area contributed by atoms with Crippen molar-refractivity contribution in [3.63, 3.8) is 0 Å². The maximum Gasteiger partial charge on any atom is 0.225 e. The lowest BCUT2D eigenvalue weighted by Gasteiger charge is -2.42. The van der Waals surface area contributed by atoms with Crippen molar-refractivity contribution in [3.8, 4) is 0 Å². The van der Waals surface area contributed by atoms with Gasteiger partial charge in [-0.25, -0.2) is 18.7 Å². The molecule has 27 heavy (non-hydrogen) atoms. The molecule has 2 aliphatic heterocycles. The van der Waals surface area contributed by atoms with Crippen LogP contribution in [0, 0.1) is 11.7 Å². The molecule has 1 aromatic heterocycles. The highest BCUT2D eigenvalue weighted by molar-refractivity contribution is 7.99.